The lowest BCUT2D eigenvalue weighted by atomic mass is 10.1. The summed E-state index contributed by atoms with van der Waals surface area (Å²) >= 11 is 0. The fourth-order valence-corrected chi connectivity index (χ4v) is 1.35. The normalized spacial score (nSPS) is 10.9. The minimum atomic E-state index is 0.219. The van der Waals surface area contributed by atoms with Crippen LogP contribution in [0.1, 0.15) is 25.0 Å². The van der Waals surface area contributed by atoms with Gasteiger partial charge in [0.05, 0.1) is 12.7 Å². The summed E-state index contributed by atoms with van der Waals surface area (Å²) in [6.07, 6.45) is 0.915. The van der Waals surface area contributed by atoms with Gasteiger partial charge >= 0.3 is 0 Å². The van der Waals surface area contributed by atoms with Crippen LogP contribution in [0.5, 0.6) is 5.75 Å². The summed E-state index contributed by atoms with van der Waals surface area (Å²) in [7, 11) is 0. The van der Waals surface area contributed by atoms with E-state index in [2.05, 4.69) is 0 Å². The summed E-state index contributed by atoms with van der Waals surface area (Å²) in [5, 5.41) is 9.55. The third kappa shape index (κ3) is 3.90. The van der Waals surface area contributed by atoms with Crippen molar-refractivity contribution in [2.45, 2.75) is 33.0 Å². The van der Waals surface area contributed by atoms with Crippen molar-refractivity contribution >= 4 is 0 Å². The Morgan fingerprint density at radius 1 is 1.40 bits per heavy atom. The molecule has 3 heteroatoms. The van der Waals surface area contributed by atoms with Gasteiger partial charge in [-0.3, -0.25) is 0 Å². The summed E-state index contributed by atoms with van der Waals surface area (Å²) in [5.41, 5.74) is 7.42. The Hall–Kier alpha value is -1.06. The smallest absolute Gasteiger partial charge is 0.118 e. The third-order valence-electron chi connectivity index (χ3n) is 2.14. The Balaban J connectivity index is 2.69. The molecule has 0 saturated heterocycles. The van der Waals surface area contributed by atoms with Gasteiger partial charge in [0.2, 0.25) is 0 Å². The maximum atomic E-state index is 9.55. The molecular weight excluding hydrogens is 190 g/mol. The number of hydrogen-bond acceptors (Lipinski definition) is 3. The molecule has 3 nitrogen and oxygen atoms in total. The molecule has 0 aromatic heterocycles. The predicted octanol–water partition coefficient (Wildman–Crippen LogP) is 1.82. The number of aromatic hydroxyl groups is 1. The van der Waals surface area contributed by atoms with Gasteiger partial charge in [0.1, 0.15) is 5.75 Å². The molecule has 0 heterocycles. The minimum absolute atomic E-state index is 0.219. The standard InChI is InChI=1S/C12H19NO2/c1-9(2)15-8-10-3-4-12(14)11(7-10)5-6-13/h3-4,7,9,14H,5-6,8,13H2,1-2H3. The Morgan fingerprint density at radius 2 is 2.13 bits per heavy atom. The Bertz CT molecular complexity index is 310. The van der Waals surface area contributed by atoms with Crippen LogP contribution in [0.15, 0.2) is 18.2 Å². The van der Waals surface area contributed by atoms with Gasteiger partial charge in [0.25, 0.3) is 0 Å². The largest absolute Gasteiger partial charge is 0.508 e. The highest BCUT2D eigenvalue weighted by Gasteiger charge is 2.03. The molecule has 0 fully saturated rings. The summed E-state index contributed by atoms with van der Waals surface area (Å²) in [5.74, 6) is 0.314. The predicted molar refractivity (Wildman–Crippen MR) is 60.8 cm³/mol. The molecular formula is C12H19NO2. The highest BCUT2D eigenvalue weighted by Crippen LogP contribution is 2.19. The Labute approximate surface area is 90.9 Å². The molecule has 0 bridgehead atoms. The molecule has 15 heavy (non-hydrogen) atoms. The quantitative estimate of drug-likeness (QED) is 0.777. The van der Waals surface area contributed by atoms with Crippen LogP contribution in [-0.2, 0) is 17.8 Å². The van der Waals surface area contributed by atoms with Crippen molar-refractivity contribution in [3.8, 4) is 5.75 Å². The topological polar surface area (TPSA) is 55.5 Å². The van der Waals surface area contributed by atoms with Crippen LogP contribution >= 0.6 is 0 Å². The maximum Gasteiger partial charge on any atom is 0.118 e. The van der Waals surface area contributed by atoms with Gasteiger partial charge in [0, 0.05) is 0 Å². The Kier molecular flexibility index (Phi) is 4.59. The van der Waals surface area contributed by atoms with Gasteiger partial charge in [-0.1, -0.05) is 6.07 Å². The van der Waals surface area contributed by atoms with Crippen LogP contribution in [-0.4, -0.2) is 17.8 Å². The first-order chi connectivity index (χ1) is 7.13. The molecule has 1 rings (SSSR count). The molecule has 0 amide bonds. The van der Waals surface area contributed by atoms with Crippen molar-refractivity contribution in [2.24, 2.45) is 5.73 Å². The lowest BCUT2D eigenvalue weighted by molar-refractivity contribution is 0.0656. The zero-order valence-electron chi connectivity index (χ0n) is 9.36. The zero-order valence-corrected chi connectivity index (χ0v) is 9.36. The zero-order chi connectivity index (χ0) is 11.3. The molecule has 1 aromatic carbocycles. The van der Waals surface area contributed by atoms with Gasteiger partial charge in [-0.2, -0.15) is 0 Å². The van der Waals surface area contributed by atoms with Crippen LogP contribution < -0.4 is 5.73 Å². The molecule has 0 unspecified atom stereocenters. The summed E-state index contributed by atoms with van der Waals surface area (Å²) in [6, 6.07) is 5.52. The van der Waals surface area contributed by atoms with Gasteiger partial charge < -0.3 is 15.6 Å². The Morgan fingerprint density at radius 3 is 2.73 bits per heavy atom. The van der Waals surface area contributed by atoms with Gasteiger partial charge in [-0.15, -0.1) is 0 Å². The van der Waals surface area contributed by atoms with E-state index < -0.39 is 0 Å². The van der Waals surface area contributed by atoms with E-state index in [-0.39, 0.29) is 6.10 Å². The molecule has 0 aliphatic carbocycles. The van der Waals surface area contributed by atoms with Crippen LogP contribution in [0.3, 0.4) is 0 Å². The van der Waals surface area contributed by atoms with Crippen molar-refractivity contribution in [3.63, 3.8) is 0 Å². The molecule has 84 valence electrons. The summed E-state index contributed by atoms with van der Waals surface area (Å²) < 4.78 is 5.49. The first-order valence-corrected chi connectivity index (χ1v) is 5.26. The van der Waals surface area contributed by atoms with Crippen molar-refractivity contribution in [2.75, 3.05) is 6.54 Å². The third-order valence-corrected chi connectivity index (χ3v) is 2.14. The SMILES string of the molecule is CC(C)OCc1ccc(O)c(CCN)c1. The number of benzene rings is 1. The molecule has 1 aromatic rings. The second kappa shape index (κ2) is 5.73. The van der Waals surface area contributed by atoms with Crippen LogP contribution in [0.4, 0.5) is 0 Å². The maximum absolute atomic E-state index is 9.55. The molecule has 0 saturated carbocycles. The van der Waals surface area contributed by atoms with E-state index in [0.717, 1.165) is 11.1 Å². The summed E-state index contributed by atoms with van der Waals surface area (Å²) in [4.78, 5) is 0. The summed E-state index contributed by atoms with van der Waals surface area (Å²) in [6.45, 7) is 5.12. The van der Waals surface area contributed by atoms with Crippen LogP contribution in [0, 0.1) is 0 Å². The molecule has 0 radical (unpaired) electrons. The van der Waals surface area contributed by atoms with Gasteiger partial charge in [-0.25, -0.2) is 0 Å². The molecule has 0 aliphatic heterocycles. The average Bonchev–Trinajstić information content (AvgIpc) is 2.19. The number of nitrogens with two attached hydrogens (primary N) is 1. The van der Waals surface area contributed by atoms with Gasteiger partial charge in [-0.05, 0) is 50.1 Å². The van der Waals surface area contributed by atoms with E-state index in [0.29, 0.717) is 25.3 Å². The van der Waals surface area contributed by atoms with E-state index in [1.54, 1.807) is 6.07 Å². The highest BCUT2D eigenvalue weighted by molar-refractivity contribution is 5.36. The van der Waals surface area contributed by atoms with E-state index in [1.165, 1.54) is 0 Å². The van der Waals surface area contributed by atoms with E-state index in [9.17, 15) is 5.11 Å². The van der Waals surface area contributed by atoms with Crippen molar-refractivity contribution in [1.82, 2.24) is 0 Å². The van der Waals surface area contributed by atoms with Crippen molar-refractivity contribution in [1.29, 1.82) is 0 Å². The second-order valence-electron chi connectivity index (χ2n) is 3.86. The average molecular weight is 209 g/mol. The van der Waals surface area contributed by atoms with E-state index >= 15 is 0 Å². The number of rotatable bonds is 5. The lowest BCUT2D eigenvalue weighted by Crippen LogP contribution is -2.05. The van der Waals surface area contributed by atoms with Crippen LogP contribution in [0.25, 0.3) is 0 Å². The van der Waals surface area contributed by atoms with E-state index in [4.69, 9.17) is 10.5 Å². The van der Waals surface area contributed by atoms with Crippen molar-refractivity contribution < 1.29 is 9.84 Å². The fourth-order valence-electron chi connectivity index (χ4n) is 1.35. The number of ether oxygens (including phenoxy) is 1. The first kappa shape index (κ1) is 12.0. The lowest BCUT2D eigenvalue weighted by Gasteiger charge is -2.09. The molecule has 0 aliphatic rings. The van der Waals surface area contributed by atoms with E-state index in [1.807, 2.05) is 26.0 Å². The first-order valence-electron chi connectivity index (χ1n) is 5.26. The van der Waals surface area contributed by atoms with Gasteiger partial charge in [0.15, 0.2) is 0 Å². The number of phenolic OH excluding ortho intramolecular Hbond substituents is 1. The molecule has 3 N–H and O–H groups in total. The number of phenols is 1. The molecule has 0 atom stereocenters. The highest BCUT2D eigenvalue weighted by atomic mass is 16.5. The monoisotopic (exact) mass is 209 g/mol. The molecule has 0 spiro atoms. The van der Waals surface area contributed by atoms with Crippen molar-refractivity contribution in [3.05, 3.63) is 29.3 Å². The van der Waals surface area contributed by atoms with Crippen LogP contribution in [0.2, 0.25) is 0 Å². The second-order valence-corrected chi connectivity index (χ2v) is 3.86. The fraction of sp³-hybridized carbons (Fsp3) is 0.500. The minimum Gasteiger partial charge on any atom is -0.508 e. The number of hydrogen-bond donors (Lipinski definition) is 2.